The number of nitrogens with one attached hydrogen (secondary N) is 1. The van der Waals surface area contributed by atoms with E-state index in [0.29, 0.717) is 32.7 Å². The number of halogens is 1. The Kier molecular flexibility index (Phi) is 6.18. The third-order valence-electron chi connectivity index (χ3n) is 5.29. The van der Waals surface area contributed by atoms with Crippen LogP contribution in [0.4, 0.5) is 0 Å². The van der Waals surface area contributed by atoms with Crippen molar-refractivity contribution in [2.45, 2.75) is 5.92 Å². The van der Waals surface area contributed by atoms with Crippen LogP contribution >= 0.6 is 23.7 Å². The van der Waals surface area contributed by atoms with Crippen LogP contribution < -0.4 is 5.32 Å². The van der Waals surface area contributed by atoms with E-state index in [1.54, 1.807) is 4.68 Å². The van der Waals surface area contributed by atoms with Gasteiger partial charge in [0.1, 0.15) is 0 Å². The van der Waals surface area contributed by atoms with Gasteiger partial charge in [0.25, 0.3) is 5.91 Å². The Balaban J connectivity index is 0.00000210. The average molecular weight is 410 g/mol. The number of carbonyl (C=O) groups excluding carboxylic acids is 2. The fourth-order valence-electron chi connectivity index (χ4n) is 3.84. The number of hydrogen-bond donors (Lipinski definition) is 1. The van der Waals surface area contributed by atoms with Gasteiger partial charge in [-0.15, -0.1) is 23.7 Å². The van der Waals surface area contributed by atoms with Gasteiger partial charge in [0, 0.05) is 58.4 Å². The number of aromatic nitrogens is 2. The molecular formula is C18H24ClN5O2S. The molecule has 2 fully saturated rings. The first-order valence-electron chi connectivity index (χ1n) is 8.94. The van der Waals surface area contributed by atoms with Crippen LogP contribution in [0.3, 0.4) is 0 Å². The summed E-state index contributed by atoms with van der Waals surface area (Å²) in [6.45, 7) is 3.91. The molecule has 27 heavy (non-hydrogen) atoms. The van der Waals surface area contributed by atoms with E-state index in [-0.39, 0.29) is 36.1 Å². The number of aryl methyl sites for hydroxylation is 1. The van der Waals surface area contributed by atoms with Crippen molar-refractivity contribution in [1.29, 1.82) is 0 Å². The summed E-state index contributed by atoms with van der Waals surface area (Å²) in [5.41, 5.74) is 1.11. The fourth-order valence-corrected chi connectivity index (χ4v) is 4.53. The van der Waals surface area contributed by atoms with Gasteiger partial charge in [-0.3, -0.25) is 14.3 Å². The Morgan fingerprint density at radius 2 is 1.93 bits per heavy atom. The molecular weight excluding hydrogens is 386 g/mol. The van der Waals surface area contributed by atoms with Gasteiger partial charge in [0.2, 0.25) is 5.91 Å². The molecule has 0 aromatic carbocycles. The van der Waals surface area contributed by atoms with Crippen LogP contribution in [-0.4, -0.2) is 70.7 Å². The van der Waals surface area contributed by atoms with Gasteiger partial charge in [0.15, 0.2) is 0 Å². The summed E-state index contributed by atoms with van der Waals surface area (Å²) >= 11 is 1.46. The predicted octanol–water partition coefficient (Wildman–Crippen LogP) is 1.19. The van der Waals surface area contributed by atoms with Crippen LogP contribution in [0.25, 0.3) is 0 Å². The predicted molar refractivity (Wildman–Crippen MR) is 106 cm³/mol. The maximum absolute atomic E-state index is 13.1. The standard InChI is InChI=1S/C18H23N5O2S.ClH/c1-21-12-13(9-20-21)14-10-19-11-15(14)17(24)22-4-6-23(7-5-22)18(25)16-3-2-8-26-16;/h2-3,8-9,12,14-15,19H,4-7,10-11H2,1H3;1H/t14-,15+;/m1./s1. The molecule has 1 N–H and O–H groups in total. The van der Waals surface area contributed by atoms with Crippen LogP contribution in [0.1, 0.15) is 21.2 Å². The summed E-state index contributed by atoms with van der Waals surface area (Å²) in [5, 5.41) is 9.51. The minimum atomic E-state index is -0.0567. The van der Waals surface area contributed by atoms with Crippen LogP contribution in [0.2, 0.25) is 0 Å². The molecule has 2 atom stereocenters. The maximum atomic E-state index is 13.1. The molecule has 4 heterocycles. The maximum Gasteiger partial charge on any atom is 0.264 e. The molecule has 9 heteroatoms. The molecule has 2 aliphatic heterocycles. The molecule has 2 saturated heterocycles. The zero-order valence-electron chi connectivity index (χ0n) is 15.2. The zero-order valence-corrected chi connectivity index (χ0v) is 16.8. The SMILES string of the molecule is Cl.Cn1cc([C@H]2CNC[C@@H]2C(=O)N2CCN(C(=O)c3cccs3)CC2)cn1. The van der Waals surface area contributed by atoms with Crippen molar-refractivity contribution in [3.63, 3.8) is 0 Å². The molecule has 0 saturated carbocycles. The van der Waals surface area contributed by atoms with Crippen molar-refractivity contribution < 1.29 is 9.59 Å². The Labute approximate surface area is 168 Å². The van der Waals surface area contributed by atoms with Crippen LogP contribution in [-0.2, 0) is 11.8 Å². The van der Waals surface area contributed by atoms with E-state index in [0.717, 1.165) is 17.0 Å². The third kappa shape index (κ3) is 4.02. The monoisotopic (exact) mass is 409 g/mol. The summed E-state index contributed by atoms with van der Waals surface area (Å²) in [7, 11) is 1.90. The Morgan fingerprint density at radius 1 is 1.19 bits per heavy atom. The van der Waals surface area contributed by atoms with Gasteiger partial charge in [-0.2, -0.15) is 5.10 Å². The number of hydrogen-bond acceptors (Lipinski definition) is 5. The van der Waals surface area contributed by atoms with Crippen LogP contribution in [0.5, 0.6) is 0 Å². The fraction of sp³-hybridized carbons (Fsp3) is 0.500. The molecule has 0 aliphatic carbocycles. The molecule has 0 spiro atoms. The van der Waals surface area contributed by atoms with E-state index in [1.165, 1.54) is 11.3 Å². The van der Waals surface area contributed by atoms with Gasteiger partial charge in [-0.1, -0.05) is 6.07 Å². The van der Waals surface area contributed by atoms with E-state index >= 15 is 0 Å². The van der Waals surface area contributed by atoms with Gasteiger partial charge >= 0.3 is 0 Å². The quantitative estimate of drug-likeness (QED) is 0.826. The summed E-state index contributed by atoms with van der Waals surface area (Å²) in [6, 6.07) is 3.75. The molecule has 2 aromatic heterocycles. The number of nitrogens with zero attached hydrogens (tertiary/aromatic N) is 4. The molecule has 2 aliphatic rings. The molecule has 0 unspecified atom stereocenters. The first-order valence-corrected chi connectivity index (χ1v) is 9.82. The highest BCUT2D eigenvalue weighted by Crippen LogP contribution is 2.29. The third-order valence-corrected chi connectivity index (χ3v) is 6.15. The lowest BCUT2D eigenvalue weighted by molar-refractivity contribution is -0.136. The molecule has 2 amide bonds. The lowest BCUT2D eigenvalue weighted by atomic mass is 9.89. The average Bonchev–Trinajstić information content (AvgIpc) is 3.41. The number of amides is 2. The number of thiophene rings is 1. The van der Waals surface area contributed by atoms with Gasteiger partial charge in [-0.25, -0.2) is 0 Å². The van der Waals surface area contributed by atoms with Gasteiger partial charge in [0.05, 0.1) is 17.0 Å². The van der Waals surface area contributed by atoms with E-state index in [4.69, 9.17) is 0 Å². The molecule has 0 radical (unpaired) electrons. The first-order chi connectivity index (χ1) is 12.6. The van der Waals surface area contributed by atoms with E-state index in [2.05, 4.69) is 10.4 Å². The largest absolute Gasteiger partial charge is 0.339 e. The second-order valence-electron chi connectivity index (χ2n) is 6.91. The van der Waals surface area contributed by atoms with Crippen molar-refractivity contribution in [1.82, 2.24) is 24.9 Å². The van der Waals surface area contributed by atoms with E-state index in [1.807, 2.05) is 46.8 Å². The van der Waals surface area contributed by atoms with Crippen molar-refractivity contribution >= 4 is 35.6 Å². The van der Waals surface area contributed by atoms with Crippen LogP contribution in [0, 0.1) is 5.92 Å². The minimum Gasteiger partial charge on any atom is -0.339 e. The second-order valence-corrected chi connectivity index (χ2v) is 7.86. The number of rotatable bonds is 3. The topological polar surface area (TPSA) is 70.5 Å². The Hall–Kier alpha value is -1.90. The molecule has 146 valence electrons. The van der Waals surface area contributed by atoms with Crippen molar-refractivity contribution in [3.8, 4) is 0 Å². The van der Waals surface area contributed by atoms with Gasteiger partial charge in [-0.05, 0) is 17.0 Å². The highest BCUT2D eigenvalue weighted by molar-refractivity contribution is 7.12. The Morgan fingerprint density at radius 3 is 2.56 bits per heavy atom. The zero-order chi connectivity index (χ0) is 18.1. The van der Waals surface area contributed by atoms with Crippen molar-refractivity contribution in [3.05, 3.63) is 40.3 Å². The van der Waals surface area contributed by atoms with Crippen molar-refractivity contribution in [2.24, 2.45) is 13.0 Å². The highest BCUT2D eigenvalue weighted by atomic mass is 35.5. The number of piperazine rings is 1. The summed E-state index contributed by atoms with van der Waals surface area (Å²) in [5.74, 6) is 0.371. The summed E-state index contributed by atoms with van der Waals surface area (Å²) < 4.78 is 1.78. The second kappa shape index (κ2) is 8.41. The minimum absolute atomic E-state index is 0. The van der Waals surface area contributed by atoms with Crippen LogP contribution in [0.15, 0.2) is 29.9 Å². The lowest BCUT2D eigenvalue weighted by Gasteiger charge is -2.36. The molecule has 7 nitrogen and oxygen atoms in total. The summed E-state index contributed by atoms with van der Waals surface area (Å²) in [6.07, 6.45) is 3.85. The lowest BCUT2D eigenvalue weighted by Crippen LogP contribution is -2.52. The Bertz CT molecular complexity index is 786. The molecule has 4 rings (SSSR count). The first kappa shape index (κ1) is 19.9. The van der Waals surface area contributed by atoms with Crippen molar-refractivity contribution in [2.75, 3.05) is 39.3 Å². The summed E-state index contributed by atoms with van der Waals surface area (Å²) in [4.78, 5) is 30.0. The smallest absolute Gasteiger partial charge is 0.264 e. The highest BCUT2D eigenvalue weighted by Gasteiger charge is 2.38. The number of carbonyl (C=O) groups is 2. The van der Waals surface area contributed by atoms with Gasteiger partial charge < -0.3 is 15.1 Å². The molecule has 0 bridgehead atoms. The molecule has 2 aromatic rings. The van der Waals surface area contributed by atoms with E-state index < -0.39 is 0 Å². The normalized spacial score (nSPS) is 22.6. The van der Waals surface area contributed by atoms with E-state index in [9.17, 15) is 9.59 Å².